The first-order valence-electron chi connectivity index (χ1n) is 5.36. The van der Waals surface area contributed by atoms with E-state index in [0.29, 0.717) is 5.02 Å². The molecule has 2 atom stereocenters. The fraction of sp³-hybridized carbons (Fsp3) is 0.417. The van der Waals surface area contributed by atoms with Gasteiger partial charge in [0.15, 0.2) is 0 Å². The maximum Gasteiger partial charge on any atom is 0.323 e. The van der Waals surface area contributed by atoms with Crippen molar-refractivity contribution in [3.63, 3.8) is 0 Å². The van der Waals surface area contributed by atoms with Crippen LogP contribution in [0.25, 0.3) is 0 Å². The maximum absolute atomic E-state index is 11.6. The second-order valence-corrected chi connectivity index (χ2v) is 4.36. The number of hydrogen-bond donors (Lipinski definition) is 1. The summed E-state index contributed by atoms with van der Waals surface area (Å²) < 4.78 is 5.34. The molecule has 1 heterocycles. The summed E-state index contributed by atoms with van der Waals surface area (Å²) >= 11 is 5.79. The van der Waals surface area contributed by atoms with Gasteiger partial charge in [0.2, 0.25) is 0 Å². The zero-order valence-corrected chi connectivity index (χ0v) is 9.83. The summed E-state index contributed by atoms with van der Waals surface area (Å²) in [6.07, 6.45) is 0.638. The Morgan fingerprint density at radius 2 is 2.12 bits per heavy atom. The lowest BCUT2D eigenvalue weighted by molar-refractivity contribution is -0.153. The molecule has 0 aromatic heterocycles. The highest BCUT2D eigenvalue weighted by Crippen LogP contribution is 2.20. The van der Waals surface area contributed by atoms with Gasteiger partial charge in [-0.15, -0.1) is 0 Å². The van der Waals surface area contributed by atoms with Crippen LogP contribution >= 0.6 is 11.6 Å². The largest absolute Gasteiger partial charge is 0.457 e. The summed E-state index contributed by atoms with van der Waals surface area (Å²) in [7, 11) is 0. The molecule has 0 bridgehead atoms. The van der Waals surface area contributed by atoms with E-state index in [1.807, 2.05) is 19.1 Å². The second kappa shape index (κ2) is 4.85. The van der Waals surface area contributed by atoms with Crippen molar-refractivity contribution in [3.05, 3.63) is 34.9 Å². The van der Waals surface area contributed by atoms with Gasteiger partial charge in [0.25, 0.3) is 0 Å². The standard InChI is InChI=1S/C12H14ClNO2/c1-8(9-2-4-10(13)5-3-9)16-12(15)11-6-7-14-11/h2-5,8,11,14H,6-7H2,1H3. The Bertz CT molecular complexity index is 373. The molecule has 0 spiro atoms. The fourth-order valence-electron chi connectivity index (χ4n) is 1.55. The Hall–Kier alpha value is -1.06. The van der Waals surface area contributed by atoms with E-state index in [0.717, 1.165) is 18.5 Å². The maximum atomic E-state index is 11.6. The summed E-state index contributed by atoms with van der Waals surface area (Å²) in [5.41, 5.74) is 0.956. The van der Waals surface area contributed by atoms with E-state index in [9.17, 15) is 4.79 Å². The Balaban J connectivity index is 1.94. The van der Waals surface area contributed by atoms with Crippen molar-refractivity contribution < 1.29 is 9.53 Å². The van der Waals surface area contributed by atoms with Crippen LogP contribution in [0.1, 0.15) is 25.0 Å². The lowest BCUT2D eigenvalue weighted by atomic mass is 10.1. The number of nitrogens with one attached hydrogen (secondary N) is 1. The van der Waals surface area contributed by atoms with Gasteiger partial charge in [-0.25, -0.2) is 0 Å². The Morgan fingerprint density at radius 1 is 1.50 bits per heavy atom. The minimum absolute atomic E-state index is 0.116. The molecular weight excluding hydrogens is 226 g/mol. The minimum Gasteiger partial charge on any atom is -0.457 e. The normalized spacial score (nSPS) is 21.0. The van der Waals surface area contributed by atoms with Gasteiger partial charge in [0.1, 0.15) is 12.1 Å². The molecule has 0 amide bonds. The molecule has 1 N–H and O–H groups in total. The zero-order chi connectivity index (χ0) is 11.5. The number of halogens is 1. The highest BCUT2D eigenvalue weighted by atomic mass is 35.5. The molecule has 1 aliphatic rings. The van der Waals surface area contributed by atoms with Crippen molar-refractivity contribution in [1.82, 2.24) is 5.32 Å². The smallest absolute Gasteiger partial charge is 0.323 e. The van der Waals surface area contributed by atoms with Gasteiger partial charge in [-0.1, -0.05) is 23.7 Å². The zero-order valence-electron chi connectivity index (χ0n) is 9.07. The molecule has 4 heteroatoms. The molecule has 1 aromatic carbocycles. The molecule has 0 saturated carbocycles. The quantitative estimate of drug-likeness (QED) is 0.823. The second-order valence-electron chi connectivity index (χ2n) is 3.93. The Labute approximate surface area is 99.7 Å². The van der Waals surface area contributed by atoms with Gasteiger partial charge in [0.05, 0.1) is 0 Å². The molecule has 0 aliphatic carbocycles. The topological polar surface area (TPSA) is 38.3 Å². The van der Waals surface area contributed by atoms with Crippen molar-refractivity contribution in [3.8, 4) is 0 Å². The number of carbonyl (C=O) groups excluding carboxylic acids is 1. The van der Waals surface area contributed by atoms with Crippen LogP contribution in [0, 0.1) is 0 Å². The van der Waals surface area contributed by atoms with Crippen LogP contribution in [0.4, 0.5) is 0 Å². The molecular formula is C12H14ClNO2. The first kappa shape index (κ1) is 11.4. The van der Waals surface area contributed by atoms with Crippen molar-refractivity contribution in [1.29, 1.82) is 0 Å². The van der Waals surface area contributed by atoms with E-state index in [2.05, 4.69) is 5.32 Å². The van der Waals surface area contributed by atoms with E-state index in [-0.39, 0.29) is 18.1 Å². The van der Waals surface area contributed by atoms with Gasteiger partial charge in [-0.05, 0) is 37.6 Å². The predicted octanol–water partition coefficient (Wildman–Crippen LogP) is 2.31. The van der Waals surface area contributed by atoms with Crippen LogP contribution in [-0.2, 0) is 9.53 Å². The number of benzene rings is 1. The van der Waals surface area contributed by atoms with Gasteiger partial charge in [0, 0.05) is 5.02 Å². The van der Waals surface area contributed by atoms with Crippen LogP contribution in [0.5, 0.6) is 0 Å². The van der Waals surface area contributed by atoms with Gasteiger partial charge >= 0.3 is 5.97 Å². The van der Waals surface area contributed by atoms with Crippen molar-refractivity contribution in [2.45, 2.75) is 25.5 Å². The Morgan fingerprint density at radius 3 is 2.62 bits per heavy atom. The van der Waals surface area contributed by atoms with Crippen molar-refractivity contribution in [2.24, 2.45) is 0 Å². The summed E-state index contributed by atoms with van der Waals surface area (Å²) in [6.45, 7) is 2.76. The summed E-state index contributed by atoms with van der Waals surface area (Å²) in [5, 5.41) is 3.70. The lowest BCUT2D eigenvalue weighted by Crippen LogP contribution is -2.49. The van der Waals surface area contributed by atoms with E-state index in [4.69, 9.17) is 16.3 Å². The van der Waals surface area contributed by atoms with Gasteiger partial charge in [-0.3, -0.25) is 4.79 Å². The Kier molecular flexibility index (Phi) is 3.46. The summed E-state index contributed by atoms with van der Waals surface area (Å²) in [6, 6.07) is 7.21. The highest BCUT2D eigenvalue weighted by molar-refractivity contribution is 6.30. The number of carbonyl (C=O) groups is 1. The molecule has 3 nitrogen and oxygen atoms in total. The monoisotopic (exact) mass is 239 g/mol. The van der Waals surface area contributed by atoms with Crippen molar-refractivity contribution in [2.75, 3.05) is 6.54 Å². The minimum atomic E-state index is -0.229. The van der Waals surface area contributed by atoms with Gasteiger partial charge < -0.3 is 10.1 Å². The molecule has 1 aromatic rings. The van der Waals surface area contributed by atoms with Crippen LogP contribution < -0.4 is 5.32 Å². The molecule has 1 saturated heterocycles. The van der Waals surface area contributed by atoms with E-state index >= 15 is 0 Å². The number of esters is 1. The average Bonchev–Trinajstić information content (AvgIpc) is 2.15. The highest BCUT2D eigenvalue weighted by Gasteiger charge is 2.27. The summed E-state index contributed by atoms with van der Waals surface area (Å²) in [5.74, 6) is -0.172. The third-order valence-electron chi connectivity index (χ3n) is 2.74. The number of ether oxygens (including phenoxy) is 1. The molecule has 86 valence electrons. The number of hydrogen-bond acceptors (Lipinski definition) is 3. The number of rotatable bonds is 3. The van der Waals surface area contributed by atoms with Crippen molar-refractivity contribution >= 4 is 17.6 Å². The molecule has 2 rings (SSSR count). The van der Waals surface area contributed by atoms with E-state index in [1.54, 1.807) is 12.1 Å². The summed E-state index contributed by atoms with van der Waals surface area (Å²) in [4.78, 5) is 11.6. The van der Waals surface area contributed by atoms with Crippen LogP contribution in [0.15, 0.2) is 24.3 Å². The molecule has 1 aliphatic heterocycles. The SMILES string of the molecule is CC(OC(=O)C1CCN1)c1ccc(Cl)cc1. The van der Waals surface area contributed by atoms with Crippen LogP contribution in [0.2, 0.25) is 5.02 Å². The van der Waals surface area contributed by atoms with Crippen LogP contribution in [-0.4, -0.2) is 18.6 Å². The third-order valence-corrected chi connectivity index (χ3v) is 2.99. The average molecular weight is 240 g/mol. The fourth-order valence-corrected chi connectivity index (χ4v) is 1.67. The molecule has 0 radical (unpaired) electrons. The first-order valence-corrected chi connectivity index (χ1v) is 5.74. The molecule has 16 heavy (non-hydrogen) atoms. The molecule has 1 fully saturated rings. The van der Waals surface area contributed by atoms with Crippen LogP contribution in [0.3, 0.4) is 0 Å². The predicted molar refractivity (Wildman–Crippen MR) is 62.4 cm³/mol. The van der Waals surface area contributed by atoms with E-state index < -0.39 is 0 Å². The first-order chi connectivity index (χ1) is 7.66. The lowest BCUT2D eigenvalue weighted by Gasteiger charge is -2.27. The third kappa shape index (κ3) is 2.54. The van der Waals surface area contributed by atoms with Gasteiger partial charge in [-0.2, -0.15) is 0 Å². The molecule has 2 unspecified atom stereocenters. The van der Waals surface area contributed by atoms with E-state index in [1.165, 1.54) is 0 Å².